The van der Waals surface area contributed by atoms with Crippen LogP contribution >= 0.6 is 11.8 Å². The third-order valence-electron chi connectivity index (χ3n) is 3.08. The first-order valence-corrected chi connectivity index (χ1v) is 7.15. The van der Waals surface area contributed by atoms with Crippen molar-refractivity contribution in [2.45, 2.75) is 6.92 Å². The second kappa shape index (κ2) is 6.31. The molecule has 18 heavy (non-hydrogen) atoms. The number of thioether (sulfide) groups is 1. The number of nitrogens with zero attached hydrogens (tertiary/aromatic N) is 3. The highest BCUT2D eigenvalue weighted by Gasteiger charge is 2.20. The second-order valence-electron chi connectivity index (χ2n) is 4.36. The minimum Gasteiger partial charge on any atom is -0.304 e. The van der Waals surface area contributed by atoms with Gasteiger partial charge in [0.2, 0.25) is 5.91 Å². The standard InChI is InChI=1S/C11H18N4O2S/c1-2-14-3-5-15(6-4-14)7-9(16)12-11-13-10(17)8-18-11/h2-8H2,1H3,(H,12,13,16,17). The molecule has 2 fully saturated rings. The summed E-state index contributed by atoms with van der Waals surface area (Å²) in [7, 11) is 0. The van der Waals surface area contributed by atoms with Gasteiger partial charge in [-0.1, -0.05) is 18.7 Å². The Kier molecular flexibility index (Phi) is 4.73. The fraction of sp³-hybridized carbons (Fsp3) is 0.727. The maximum atomic E-state index is 11.7. The number of hydrogen-bond donors (Lipinski definition) is 1. The van der Waals surface area contributed by atoms with E-state index in [1.807, 2.05) is 0 Å². The van der Waals surface area contributed by atoms with Gasteiger partial charge in [0.1, 0.15) is 0 Å². The van der Waals surface area contributed by atoms with Crippen LogP contribution in [-0.2, 0) is 9.59 Å². The molecule has 0 aromatic heterocycles. The zero-order valence-corrected chi connectivity index (χ0v) is 11.3. The summed E-state index contributed by atoms with van der Waals surface area (Å²) < 4.78 is 0. The van der Waals surface area contributed by atoms with Crippen LogP contribution in [0, 0.1) is 0 Å². The number of rotatable bonds is 3. The van der Waals surface area contributed by atoms with Gasteiger partial charge in [0.25, 0.3) is 5.91 Å². The molecule has 1 N–H and O–H groups in total. The Bertz CT molecular complexity index is 364. The van der Waals surface area contributed by atoms with Crippen LogP contribution in [0.5, 0.6) is 0 Å². The lowest BCUT2D eigenvalue weighted by atomic mass is 10.3. The van der Waals surface area contributed by atoms with Crippen molar-refractivity contribution < 1.29 is 9.59 Å². The first-order chi connectivity index (χ1) is 8.67. The predicted molar refractivity (Wildman–Crippen MR) is 71.6 cm³/mol. The molecule has 0 spiro atoms. The molecule has 2 heterocycles. The zero-order valence-electron chi connectivity index (χ0n) is 10.5. The number of hydrogen-bond acceptors (Lipinski definition) is 5. The van der Waals surface area contributed by atoms with Gasteiger partial charge in [0.15, 0.2) is 5.17 Å². The van der Waals surface area contributed by atoms with E-state index in [1.165, 1.54) is 11.8 Å². The van der Waals surface area contributed by atoms with Gasteiger partial charge in [-0.2, -0.15) is 4.99 Å². The van der Waals surface area contributed by atoms with Gasteiger partial charge in [-0.15, -0.1) is 0 Å². The molecule has 6 nitrogen and oxygen atoms in total. The van der Waals surface area contributed by atoms with Gasteiger partial charge in [-0.25, -0.2) is 0 Å². The monoisotopic (exact) mass is 270 g/mol. The molecule has 0 aliphatic carbocycles. The van der Waals surface area contributed by atoms with Gasteiger partial charge in [0, 0.05) is 26.2 Å². The van der Waals surface area contributed by atoms with Crippen LogP contribution in [-0.4, -0.2) is 71.8 Å². The van der Waals surface area contributed by atoms with Crippen LogP contribution in [0.15, 0.2) is 4.99 Å². The summed E-state index contributed by atoms with van der Waals surface area (Å²) in [6.07, 6.45) is 0. The normalized spacial score (nSPS) is 24.5. The summed E-state index contributed by atoms with van der Waals surface area (Å²) >= 11 is 1.29. The van der Waals surface area contributed by atoms with E-state index < -0.39 is 0 Å². The molecule has 0 saturated carbocycles. The van der Waals surface area contributed by atoms with Crippen LogP contribution in [0.4, 0.5) is 0 Å². The van der Waals surface area contributed by atoms with E-state index in [1.54, 1.807) is 0 Å². The average molecular weight is 270 g/mol. The van der Waals surface area contributed by atoms with Crippen molar-refractivity contribution in [3.63, 3.8) is 0 Å². The van der Waals surface area contributed by atoms with E-state index in [2.05, 4.69) is 27.0 Å². The zero-order chi connectivity index (χ0) is 13.0. The number of likely N-dealkylation sites (N-methyl/N-ethyl adjacent to an activating group) is 1. The van der Waals surface area contributed by atoms with Crippen molar-refractivity contribution >= 4 is 28.7 Å². The number of aliphatic imine (C=N–C) groups is 1. The van der Waals surface area contributed by atoms with Crippen LogP contribution in [0.3, 0.4) is 0 Å². The fourth-order valence-corrected chi connectivity index (χ4v) is 2.68. The SMILES string of the molecule is CCN1CCN(CC(=O)N=C2NC(=O)CS2)CC1. The van der Waals surface area contributed by atoms with Gasteiger partial charge in [-0.3, -0.25) is 14.5 Å². The van der Waals surface area contributed by atoms with E-state index in [0.29, 0.717) is 17.5 Å². The highest BCUT2D eigenvalue weighted by atomic mass is 32.2. The maximum Gasteiger partial charge on any atom is 0.262 e. The Morgan fingerprint density at radius 3 is 2.56 bits per heavy atom. The number of nitrogens with one attached hydrogen (secondary N) is 1. The quantitative estimate of drug-likeness (QED) is 0.740. The van der Waals surface area contributed by atoms with Gasteiger partial charge >= 0.3 is 0 Å². The lowest BCUT2D eigenvalue weighted by Crippen LogP contribution is -2.47. The highest BCUT2D eigenvalue weighted by Crippen LogP contribution is 2.09. The molecule has 0 bridgehead atoms. The van der Waals surface area contributed by atoms with Crippen LogP contribution in [0.1, 0.15) is 6.92 Å². The molecule has 7 heteroatoms. The Balaban J connectivity index is 1.76. The minimum atomic E-state index is -0.176. The minimum absolute atomic E-state index is 0.0805. The highest BCUT2D eigenvalue weighted by molar-refractivity contribution is 8.15. The van der Waals surface area contributed by atoms with Crippen LogP contribution in [0.2, 0.25) is 0 Å². The molecule has 2 aliphatic rings. The predicted octanol–water partition coefficient (Wildman–Crippen LogP) is -0.630. The number of carbonyl (C=O) groups is 2. The molecule has 0 unspecified atom stereocenters. The smallest absolute Gasteiger partial charge is 0.262 e. The summed E-state index contributed by atoms with van der Waals surface area (Å²) in [5.74, 6) is 0.106. The molecule has 2 aliphatic heterocycles. The van der Waals surface area contributed by atoms with Crippen LogP contribution in [0.25, 0.3) is 0 Å². The number of amides is 2. The summed E-state index contributed by atoms with van der Waals surface area (Å²) in [6, 6.07) is 0. The topological polar surface area (TPSA) is 65.0 Å². The first-order valence-electron chi connectivity index (χ1n) is 6.16. The van der Waals surface area contributed by atoms with Gasteiger partial charge < -0.3 is 10.2 Å². The second-order valence-corrected chi connectivity index (χ2v) is 5.32. The number of carbonyl (C=O) groups excluding carboxylic acids is 2. The van der Waals surface area contributed by atoms with E-state index >= 15 is 0 Å². The number of piperazine rings is 1. The summed E-state index contributed by atoms with van der Waals surface area (Å²) in [5, 5.41) is 3.01. The third-order valence-corrected chi connectivity index (χ3v) is 3.96. The Labute approximate surface area is 111 Å². The molecule has 0 radical (unpaired) electrons. The Hall–Kier alpha value is -0.920. The molecule has 2 amide bonds. The number of amidine groups is 1. The third kappa shape index (κ3) is 3.79. The lowest BCUT2D eigenvalue weighted by molar-refractivity contribution is -0.119. The lowest BCUT2D eigenvalue weighted by Gasteiger charge is -2.33. The molecule has 2 rings (SSSR count). The Morgan fingerprint density at radius 1 is 1.33 bits per heavy atom. The molecule has 0 aromatic carbocycles. The maximum absolute atomic E-state index is 11.7. The van der Waals surface area contributed by atoms with Crippen molar-refractivity contribution in [2.24, 2.45) is 4.99 Å². The van der Waals surface area contributed by atoms with Gasteiger partial charge in [0.05, 0.1) is 12.3 Å². The Morgan fingerprint density at radius 2 is 2.00 bits per heavy atom. The fourth-order valence-electron chi connectivity index (χ4n) is 1.99. The van der Waals surface area contributed by atoms with E-state index in [9.17, 15) is 9.59 Å². The van der Waals surface area contributed by atoms with Crippen molar-refractivity contribution in [2.75, 3.05) is 45.0 Å². The van der Waals surface area contributed by atoms with Gasteiger partial charge in [-0.05, 0) is 6.54 Å². The van der Waals surface area contributed by atoms with Crippen molar-refractivity contribution in [1.82, 2.24) is 15.1 Å². The van der Waals surface area contributed by atoms with E-state index in [0.717, 1.165) is 32.7 Å². The largest absolute Gasteiger partial charge is 0.304 e. The van der Waals surface area contributed by atoms with Crippen molar-refractivity contribution in [3.05, 3.63) is 0 Å². The van der Waals surface area contributed by atoms with E-state index in [4.69, 9.17) is 0 Å². The summed E-state index contributed by atoms with van der Waals surface area (Å²) in [4.78, 5) is 31.1. The molecular formula is C11H18N4O2S. The van der Waals surface area contributed by atoms with Crippen LogP contribution < -0.4 is 5.32 Å². The molecule has 2 saturated heterocycles. The molecular weight excluding hydrogens is 252 g/mol. The van der Waals surface area contributed by atoms with Crippen molar-refractivity contribution in [3.8, 4) is 0 Å². The summed E-state index contributed by atoms with van der Waals surface area (Å²) in [5.41, 5.74) is 0. The average Bonchev–Trinajstić information content (AvgIpc) is 2.75. The first kappa shape index (κ1) is 13.5. The summed E-state index contributed by atoms with van der Waals surface area (Å²) in [6.45, 7) is 7.38. The molecule has 100 valence electrons. The van der Waals surface area contributed by atoms with E-state index in [-0.39, 0.29) is 11.8 Å². The van der Waals surface area contributed by atoms with Crippen molar-refractivity contribution in [1.29, 1.82) is 0 Å². The molecule has 0 aromatic rings. The molecule has 0 atom stereocenters.